The molecule has 0 saturated heterocycles. The first-order valence-corrected chi connectivity index (χ1v) is 4.62. The van der Waals surface area contributed by atoms with Crippen LogP contribution in [0.25, 0.3) is 0 Å². The number of hydrogen-bond acceptors (Lipinski definition) is 3. The highest BCUT2D eigenvalue weighted by molar-refractivity contribution is 7.16. The molecule has 2 atom stereocenters. The summed E-state index contributed by atoms with van der Waals surface area (Å²) in [5.74, 6) is 0. The molecular formula is C8H10NO3P. The van der Waals surface area contributed by atoms with Gasteiger partial charge in [-0.15, -0.1) is 19.4 Å². The maximum absolute atomic E-state index is 10.1. The van der Waals surface area contributed by atoms with E-state index in [2.05, 4.69) is 14.1 Å². The van der Waals surface area contributed by atoms with Crippen molar-refractivity contribution in [1.29, 1.82) is 0 Å². The normalized spacial score (nSPS) is 12.1. The first-order valence-electron chi connectivity index (χ1n) is 3.80. The quantitative estimate of drug-likeness (QED) is 0.422. The van der Waals surface area contributed by atoms with Gasteiger partial charge in [0.25, 0.3) is 5.09 Å². The van der Waals surface area contributed by atoms with Crippen LogP contribution >= 0.6 is 9.24 Å². The zero-order valence-corrected chi connectivity index (χ0v) is 8.08. The Balaban J connectivity index is 2.73. The average Bonchev–Trinajstić information content (AvgIpc) is 2.15. The molecule has 0 fully saturated rings. The number of benzene rings is 1. The molecule has 13 heavy (non-hydrogen) atoms. The second kappa shape index (κ2) is 4.77. The van der Waals surface area contributed by atoms with Crippen molar-refractivity contribution in [2.45, 2.75) is 6.10 Å². The van der Waals surface area contributed by atoms with Crippen LogP contribution in [-0.4, -0.2) is 11.2 Å². The lowest BCUT2D eigenvalue weighted by Crippen LogP contribution is -2.10. The molecule has 2 unspecified atom stereocenters. The van der Waals surface area contributed by atoms with Gasteiger partial charge in [0, 0.05) is 0 Å². The fourth-order valence-corrected chi connectivity index (χ4v) is 1.37. The third kappa shape index (κ3) is 2.99. The molecule has 0 bridgehead atoms. The molecule has 4 nitrogen and oxygen atoms in total. The van der Waals surface area contributed by atoms with E-state index in [1.54, 1.807) is 12.1 Å². The highest BCUT2D eigenvalue weighted by atomic mass is 31.0. The van der Waals surface area contributed by atoms with Gasteiger partial charge < -0.3 is 4.84 Å². The summed E-state index contributed by atoms with van der Waals surface area (Å²) >= 11 is 0. The Morgan fingerprint density at radius 1 is 1.46 bits per heavy atom. The van der Waals surface area contributed by atoms with Crippen molar-refractivity contribution in [1.82, 2.24) is 0 Å². The summed E-state index contributed by atoms with van der Waals surface area (Å²) in [7, 11) is 2.43. The van der Waals surface area contributed by atoms with E-state index in [0.29, 0.717) is 6.16 Å². The zero-order chi connectivity index (χ0) is 9.68. The van der Waals surface area contributed by atoms with E-state index >= 15 is 0 Å². The van der Waals surface area contributed by atoms with Gasteiger partial charge in [0.15, 0.2) is 0 Å². The number of rotatable bonds is 4. The van der Waals surface area contributed by atoms with E-state index < -0.39 is 11.2 Å². The van der Waals surface area contributed by atoms with Gasteiger partial charge in [-0.05, 0) is 11.7 Å². The van der Waals surface area contributed by atoms with Gasteiger partial charge in [-0.1, -0.05) is 30.3 Å². The molecule has 0 N–H and O–H groups in total. The topological polar surface area (TPSA) is 52.4 Å². The lowest BCUT2D eigenvalue weighted by Gasteiger charge is -2.11. The first kappa shape index (κ1) is 9.93. The summed E-state index contributed by atoms with van der Waals surface area (Å²) in [6.07, 6.45) is 0.0200. The van der Waals surface area contributed by atoms with Crippen molar-refractivity contribution in [3.63, 3.8) is 0 Å². The van der Waals surface area contributed by atoms with Gasteiger partial charge in [-0.3, -0.25) is 0 Å². The summed E-state index contributed by atoms with van der Waals surface area (Å²) in [6.45, 7) is 0. The predicted molar refractivity (Wildman–Crippen MR) is 51.8 cm³/mol. The second-order valence-corrected chi connectivity index (χ2v) is 2.94. The fourth-order valence-electron chi connectivity index (χ4n) is 1.01. The van der Waals surface area contributed by atoms with Gasteiger partial charge in [-0.2, -0.15) is 0 Å². The Labute approximate surface area is 78.2 Å². The van der Waals surface area contributed by atoms with Crippen LogP contribution in [0.3, 0.4) is 0 Å². The molecule has 0 saturated carbocycles. The summed E-state index contributed by atoms with van der Waals surface area (Å²) < 4.78 is 0. The molecule has 1 aromatic rings. The second-order valence-electron chi connectivity index (χ2n) is 2.46. The lowest BCUT2D eigenvalue weighted by molar-refractivity contribution is -0.769. The summed E-state index contributed by atoms with van der Waals surface area (Å²) in [5.41, 5.74) is 0.814. The fraction of sp³-hybridized carbons (Fsp3) is 0.250. The molecule has 1 aromatic carbocycles. The van der Waals surface area contributed by atoms with E-state index in [-0.39, 0.29) is 0 Å². The van der Waals surface area contributed by atoms with E-state index in [1.165, 1.54) is 0 Å². The van der Waals surface area contributed by atoms with Crippen LogP contribution < -0.4 is 0 Å². The van der Waals surface area contributed by atoms with Crippen molar-refractivity contribution in [3.8, 4) is 0 Å². The van der Waals surface area contributed by atoms with Gasteiger partial charge >= 0.3 is 0 Å². The molecule has 1 rings (SSSR count). The van der Waals surface area contributed by atoms with Crippen molar-refractivity contribution < 1.29 is 9.92 Å². The van der Waals surface area contributed by atoms with Crippen LogP contribution in [0.2, 0.25) is 0 Å². The Bertz CT molecular complexity index is 278. The molecule has 5 heteroatoms. The molecule has 0 aromatic heterocycles. The highest BCUT2D eigenvalue weighted by Crippen LogP contribution is 2.19. The molecule has 0 heterocycles. The standard InChI is InChI=1S/C8H10NO3P/c10-9(11)12-8(6-13)7-4-2-1-3-5-7/h1-5,8H,6,13H2. The zero-order valence-electron chi connectivity index (χ0n) is 6.92. The van der Waals surface area contributed by atoms with Crippen molar-refractivity contribution in [3.05, 3.63) is 46.0 Å². The Kier molecular flexibility index (Phi) is 3.65. The molecule has 0 spiro atoms. The molecule has 0 aliphatic rings. The van der Waals surface area contributed by atoms with E-state index in [0.717, 1.165) is 5.56 Å². The van der Waals surface area contributed by atoms with Gasteiger partial charge in [0.2, 0.25) is 0 Å². The van der Waals surface area contributed by atoms with Gasteiger partial charge in [0.1, 0.15) is 6.10 Å². The summed E-state index contributed by atoms with van der Waals surface area (Å²) in [4.78, 5) is 14.6. The smallest absolute Gasteiger partial charge is 0.295 e. The molecule has 0 radical (unpaired) electrons. The van der Waals surface area contributed by atoms with Crippen LogP contribution in [0.4, 0.5) is 0 Å². The maximum atomic E-state index is 10.1. The highest BCUT2D eigenvalue weighted by Gasteiger charge is 2.12. The number of nitrogens with zero attached hydrogens (tertiary/aromatic N) is 1. The van der Waals surface area contributed by atoms with Crippen molar-refractivity contribution in [2.75, 3.05) is 6.16 Å². The largest absolute Gasteiger partial charge is 0.305 e. The van der Waals surface area contributed by atoms with Gasteiger partial charge in [-0.25, -0.2) is 0 Å². The van der Waals surface area contributed by atoms with Gasteiger partial charge in [0.05, 0.1) is 0 Å². The number of hydrogen-bond donors (Lipinski definition) is 0. The minimum absolute atomic E-state index is 0.485. The summed E-state index contributed by atoms with van der Waals surface area (Å²) in [6, 6.07) is 9.11. The van der Waals surface area contributed by atoms with Crippen LogP contribution in [0.5, 0.6) is 0 Å². The van der Waals surface area contributed by atoms with E-state index in [4.69, 9.17) is 0 Å². The molecule has 0 amide bonds. The molecule has 0 aliphatic heterocycles. The first-order chi connectivity index (χ1) is 6.24. The van der Waals surface area contributed by atoms with Crippen molar-refractivity contribution in [2.24, 2.45) is 0 Å². The van der Waals surface area contributed by atoms with Crippen LogP contribution in [0.15, 0.2) is 30.3 Å². The SMILES string of the molecule is O=[N+]([O-])OC(CP)c1ccccc1. The lowest BCUT2D eigenvalue weighted by atomic mass is 10.1. The molecule has 70 valence electrons. The van der Waals surface area contributed by atoms with Crippen molar-refractivity contribution >= 4 is 9.24 Å². The maximum Gasteiger partial charge on any atom is 0.295 e. The average molecular weight is 199 g/mol. The monoisotopic (exact) mass is 199 g/mol. The predicted octanol–water partition coefficient (Wildman–Crippen LogP) is 1.81. The van der Waals surface area contributed by atoms with E-state index in [1.807, 2.05) is 18.2 Å². The third-order valence-electron chi connectivity index (χ3n) is 1.60. The Morgan fingerprint density at radius 3 is 2.54 bits per heavy atom. The minimum Gasteiger partial charge on any atom is -0.305 e. The van der Waals surface area contributed by atoms with Crippen LogP contribution in [0, 0.1) is 10.1 Å². The van der Waals surface area contributed by atoms with Crippen LogP contribution in [0.1, 0.15) is 11.7 Å². The van der Waals surface area contributed by atoms with E-state index in [9.17, 15) is 10.1 Å². The molecular weight excluding hydrogens is 189 g/mol. The van der Waals surface area contributed by atoms with Crippen LogP contribution in [-0.2, 0) is 4.84 Å². The summed E-state index contributed by atoms with van der Waals surface area (Å²) in [5, 5.41) is 9.35. The Hall–Kier alpha value is -1.15. The minimum atomic E-state index is -0.762. The third-order valence-corrected chi connectivity index (χ3v) is 2.03. The molecule has 0 aliphatic carbocycles. The Morgan fingerprint density at radius 2 is 2.08 bits per heavy atom.